The summed E-state index contributed by atoms with van der Waals surface area (Å²) in [5, 5.41) is 13.6. The molecular weight excluding hydrogens is 214 g/mol. The molecule has 1 heterocycles. The van der Waals surface area contributed by atoms with Crippen LogP contribution in [0, 0.1) is 0 Å². The molecule has 84 valence electrons. The number of aromatic nitrogens is 1. The van der Waals surface area contributed by atoms with Gasteiger partial charge in [-0.2, -0.15) is 0 Å². The molecule has 1 aromatic rings. The van der Waals surface area contributed by atoms with E-state index in [4.69, 9.17) is 10.8 Å². The molecular formula is C9H15N3O2S. The van der Waals surface area contributed by atoms with Crippen LogP contribution in [0.5, 0.6) is 0 Å². The second-order valence-electron chi connectivity index (χ2n) is 3.88. The summed E-state index contributed by atoms with van der Waals surface area (Å²) < 4.78 is 0. The summed E-state index contributed by atoms with van der Waals surface area (Å²) in [6.07, 6.45) is 0.498. The Labute approximate surface area is 92.3 Å². The van der Waals surface area contributed by atoms with Gasteiger partial charge < -0.3 is 16.2 Å². The van der Waals surface area contributed by atoms with Gasteiger partial charge >= 0.3 is 0 Å². The molecule has 5 nitrogen and oxygen atoms in total. The van der Waals surface area contributed by atoms with Crippen molar-refractivity contribution < 1.29 is 9.90 Å². The molecule has 0 spiro atoms. The van der Waals surface area contributed by atoms with Crippen molar-refractivity contribution >= 4 is 22.4 Å². The minimum Gasteiger partial charge on any atom is -0.396 e. The Hall–Kier alpha value is -1.14. The van der Waals surface area contributed by atoms with E-state index < -0.39 is 5.54 Å². The van der Waals surface area contributed by atoms with Gasteiger partial charge in [0.05, 0.1) is 0 Å². The van der Waals surface area contributed by atoms with Gasteiger partial charge in [-0.05, 0) is 20.3 Å². The predicted molar refractivity (Wildman–Crippen MR) is 59.8 cm³/mol. The zero-order valence-electron chi connectivity index (χ0n) is 8.78. The minimum atomic E-state index is -0.440. The fourth-order valence-electron chi connectivity index (χ4n) is 1.11. The number of nitrogen functional groups attached to an aromatic ring is 1. The molecule has 15 heavy (non-hydrogen) atoms. The van der Waals surface area contributed by atoms with Gasteiger partial charge in [0, 0.05) is 17.5 Å². The van der Waals surface area contributed by atoms with E-state index in [9.17, 15) is 4.79 Å². The van der Waals surface area contributed by atoms with E-state index in [2.05, 4.69) is 10.3 Å². The Morgan fingerprint density at radius 2 is 2.40 bits per heavy atom. The largest absolute Gasteiger partial charge is 0.396 e. The highest BCUT2D eigenvalue weighted by Gasteiger charge is 2.21. The first-order valence-electron chi connectivity index (χ1n) is 4.59. The van der Waals surface area contributed by atoms with Gasteiger partial charge in [-0.15, -0.1) is 11.3 Å². The molecule has 1 amide bonds. The monoisotopic (exact) mass is 229 g/mol. The van der Waals surface area contributed by atoms with Crippen LogP contribution in [0.15, 0.2) is 5.38 Å². The minimum absolute atomic E-state index is 0.0342. The normalized spacial score (nSPS) is 11.4. The molecule has 4 N–H and O–H groups in total. The highest BCUT2D eigenvalue weighted by molar-refractivity contribution is 7.13. The molecule has 0 unspecified atom stereocenters. The van der Waals surface area contributed by atoms with Gasteiger partial charge in [0.25, 0.3) is 5.91 Å². The van der Waals surface area contributed by atoms with Crippen molar-refractivity contribution in [3.63, 3.8) is 0 Å². The summed E-state index contributed by atoms with van der Waals surface area (Å²) in [6.45, 7) is 3.72. The lowest BCUT2D eigenvalue weighted by atomic mass is 10.0. The topological polar surface area (TPSA) is 88.2 Å². The summed E-state index contributed by atoms with van der Waals surface area (Å²) >= 11 is 1.23. The molecule has 0 bridgehead atoms. The third-order valence-corrected chi connectivity index (χ3v) is 2.62. The maximum absolute atomic E-state index is 11.6. The zero-order valence-corrected chi connectivity index (χ0v) is 9.60. The number of hydrogen-bond acceptors (Lipinski definition) is 5. The maximum Gasteiger partial charge on any atom is 0.271 e. The third kappa shape index (κ3) is 3.49. The Morgan fingerprint density at radius 3 is 2.87 bits per heavy atom. The number of carbonyl (C=O) groups excluding carboxylic acids is 1. The predicted octanol–water partition coefficient (Wildman–Crippen LogP) is 0.616. The zero-order chi connectivity index (χ0) is 11.5. The molecule has 0 fully saturated rings. The lowest BCUT2D eigenvalue weighted by Gasteiger charge is -2.24. The molecule has 0 saturated heterocycles. The molecule has 6 heteroatoms. The van der Waals surface area contributed by atoms with Crippen LogP contribution in [-0.2, 0) is 0 Å². The molecule has 0 aliphatic heterocycles. The van der Waals surface area contributed by atoms with Crippen molar-refractivity contribution in [2.75, 3.05) is 12.3 Å². The molecule has 0 aromatic carbocycles. The molecule has 0 radical (unpaired) electrons. The van der Waals surface area contributed by atoms with Crippen LogP contribution in [0.3, 0.4) is 0 Å². The number of rotatable bonds is 4. The smallest absolute Gasteiger partial charge is 0.271 e. The third-order valence-electron chi connectivity index (χ3n) is 1.94. The number of hydrogen-bond donors (Lipinski definition) is 3. The number of carbonyl (C=O) groups is 1. The molecule has 0 saturated carbocycles. The fraction of sp³-hybridized carbons (Fsp3) is 0.556. The van der Waals surface area contributed by atoms with Crippen LogP contribution in [-0.4, -0.2) is 28.1 Å². The molecule has 0 aliphatic carbocycles. The average Bonchev–Trinajstić information content (AvgIpc) is 2.50. The first-order chi connectivity index (χ1) is 6.94. The van der Waals surface area contributed by atoms with E-state index in [0.717, 1.165) is 0 Å². The van der Waals surface area contributed by atoms with Gasteiger partial charge in [0.1, 0.15) is 5.69 Å². The van der Waals surface area contributed by atoms with Crippen molar-refractivity contribution in [3.05, 3.63) is 11.1 Å². The highest BCUT2D eigenvalue weighted by atomic mass is 32.1. The highest BCUT2D eigenvalue weighted by Crippen LogP contribution is 2.13. The van der Waals surface area contributed by atoms with Crippen LogP contribution in [0.4, 0.5) is 5.13 Å². The summed E-state index contributed by atoms with van der Waals surface area (Å²) in [5.41, 5.74) is 5.31. The Bertz CT molecular complexity index is 349. The maximum atomic E-state index is 11.6. The Morgan fingerprint density at radius 1 is 1.73 bits per heavy atom. The van der Waals surface area contributed by atoms with Gasteiger partial charge in [-0.25, -0.2) is 4.98 Å². The van der Waals surface area contributed by atoms with Gasteiger partial charge in [-0.1, -0.05) is 0 Å². The van der Waals surface area contributed by atoms with Crippen LogP contribution in [0.2, 0.25) is 0 Å². The first kappa shape index (κ1) is 11.9. The van der Waals surface area contributed by atoms with Crippen molar-refractivity contribution in [3.8, 4) is 0 Å². The van der Waals surface area contributed by atoms with E-state index in [1.54, 1.807) is 5.38 Å². The Balaban J connectivity index is 2.63. The van der Waals surface area contributed by atoms with E-state index in [1.165, 1.54) is 11.3 Å². The standard InChI is InChI=1S/C9H15N3O2S/c1-9(2,3-4-13)12-7(14)6-5-15-8(10)11-6/h5,13H,3-4H2,1-2H3,(H2,10,11)(H,12,14). The van der Waals surface area contributed by atoms with Crippen molar-refractivity contribution in [1.29, 1.82) is 0 Å². The number of nitrogens with one attached hydrogen (secondary N) is 1. The number of aliphatic hydroxyl groups is 1. The van der Waals surface area contributed by atoms with Gasteiger partial charge in [0.15, 0.2) is 5.13 Å². The second kappa shape index (κ2) is 4.59. The Kier molecular flexibility index (Phi) is 3.65. The number of nitrogens with zero attached hydrogens (tertiary/aromatic N) is 1. The number of nitrogens with two attached hydrogens (primary N) is 1. The van der Waals surface area contributed by atoms with Crippen molar-refractivity contribution in [1.82, 2.24) is 10.3 Å². The summed E-state index contributed by atoms with van der Waals surface area (Å²) in [5.74, 6) is -0.263. The van der Waals surface area contributed by atoms with E-state index in [-0.39, 0.29) is 12.5 Å². The molecule has 0 atom stereocenters. The van der Waals surface area contributed by atoms with Crippen LogP contribution >= 0.6 is 11.3 Å². The summed E-state index contributed by atoms with van der Waals surface area (Å²) in [6, 6.07) is 0. The SMILES string of the molecule is CC(C)(CCO)NC(=O)c1csc(N)n1. The van der Waals surface area contributed by atoms with Crippen LogP contribution < -0.4 is 11.1 Å². The fourth-order valence-corrected chi connectivity index (χ4v) is 1.65. The van der Waals surface area contributed by atoms with Crippen molar-refractivity contribution in [2.24, 2.45) is 0 Å². The van der Waals surface area contributed by atoms with Crippen molar-refractivity contribution in [2.45, 2.75) is 25.8 Å². The number of amides is 1. The first-order valence-corrected chi connectivity index (χ1v) is 5.47. The molecule has 1 aromatic heterocycles. The summed E-state index contributed by atoms with van der Waals surface area (Å²) in [7, 11) is 0. The molecule has 1 rings (SSSR count). The van der Waals surface area contributed by atoms with Crippen LogP contribution in [0.1, 0.15) is 30.8 Å². The lowest BCUT2D eigenvalue weighted by Crippen LogP contribution is -2.44. The number of anilines is 1. The van der Waals surface area contributed by atoms with E-state index in [1.807, 2.05) is 13.8 Å². The number of thiazole rings is 1. The van der Waals surface area contributed by atoms with Gasteiger partial charge in [0.2, 0.25) is 0 Å². The number of aliphatic hydroxyl groups excluding tert-OH is 1. The summed E-state index contributed by atoms with van der Waals surface area (Å²) in [4.78, 5) is 15.5. The average molecular weight is 229 g/mol. The van der Waals surface area contributed by atoms with Gasteiger partial charge in [-0.3, -0.25) is 4.79 Å². The quantitative estimate of drug-likeness (QED) is 0.706. The van der Waals surface area contributed by atoms with E-state index in [0.29, 0.717) is 17.2 Å². The lowest BCUT2D eigenvalue weighted by molar-refractivity contribution is 0.0895. The second-order valence-corrected chi connectivity index (χ2v) is 4.77. The van der Waals surface area contributed by atoms with E-state index >= 15 is 0 Å². The van der Waals surface area contributed by atoms with Crippen LogP contribution in [0.25, 0.3) is 0 Å². The molecule has 0 aliphatic rings.